The van der Waals surface area contributed by atoms with Gasteiger partial charge in [0.05, 0.1) is 10.5 Å². The number of nitrogens with zero attached hydrogens (tertiary/aromatic N) is 1. The average Bonchev–Trinajstić information content (AvgIpc) is 2.74. The van der Waals surface area contributed by atoms with Crippen LogP contribution >= 0.6 is 11.6 Å². The fraction of sp³-hybridized carbons (Fsp3) is 0.286. The second-order valence-electron chi connectivity index (χ2n) is 4.62. The van der Waals surface area contributed by atoms with Crippen molar-refractivity contribution in [2.75, 3.05) is 20.1 Å². The Labute approximate surface area is 106 Å². The molecule has 2 heterocycles. The van der Waals surface area contributed by atoms with Gasteiger partial charge in [0.15, 0.2) is 0 Å². The zero-order valence-corrected chi connectivity index (χ0v) is 10.6. The molecule has 0 aliphatic carbocycles. The second-order valence-corrected chi connectivity index (χ2v) is 5.03. The largest absolute Gasteiger partial charge is 0.359 e. The first-order valence-corrected chi connectivity index (χ1v) is 6.27. The fourth-order valence-electron chi connectivity index (χ4n) is 2.47. The number of halogens is 1. The van der Waals surface area contributed by atoms with E-state index in [2.05, 4.69) is 35.3 Å². The normalized spacial score (nSPS) is 17.4. The van der Waals surface area contributed by atoms with Crippen molar-refractivity contribution in [3.8, 4) is 0 Å². The first kappa shape index (κ1) is 10.9. The standard InChI is InChI=1S/C14H15ClN2/c1-17-7-3-4-10(9-17)12-8-16-14-11(12)5-2-6-13(14)15/h2,4-6,8,16H,3,7,9H2,1H3. The van der Waals surface area contributed by atoms with Crippen LogP contribution in [-0.2, 0) is 0 Å². The number of aromatic nitrogens is 1. The lowest BCUT2D eigenvalue weighted by Crippen LogP contribution is -2.24. The molecular weight excluding hydrogens is 232 g/mol. The summed E-state index contributed by atoms with van der Waals surface area (Å²) in [5.74, 6) is 0. The van der Waals surface area contributed by atoms with Crippen LogP contribution in [0.5, 0.6) is 0 Å². The lowest BCUT2D eigenvalue weighted by molar-refractivity contribution is 0.373. The minimum absolute atomic E-state index is 0.790. The highest BCUT2D eigenvalue weighted by Crippen LogP contribution is 2.30. The zero-order chi connectivity index (χ0) is 11.8. The summed E-state index contributed by atoms with van der Waals surface area (Å²) in [6, 6.07) is 6.06. The Morgan fingerprint density at radius 2 is 2.24 bits per heavy atom. The molecule has 17 heavy (non-hydrogen) atoms. The van der Waals surface area contributed by atoms with Crippen LogP contribution in [0.25, 0.3) is 16.5 Å². The minimum Gasteiger partial charge on any atom is -0.359 e. The predicted molar refractivity (Wildman–Crippen MR) is 73.4 cm³/mol. The van der Waals surface area contributed by atoms with Crippen molar-refractivity contribution in [2.45, 2.75) is 6.42 Å². The topological polar surface area (TPSA) is 19.0 Å². The molecular formula is C14H15ClN2. The fourth-order valence-corrected chi connectivity index (χ4v) is 2.70. The molecule has 1 aliphatic heterocycles. The Kier molecular flexibility index (Phi) is 2.69. The Bertz CT molecular complexity index is 583. The molecule has 0 amide bonds. The SMILES string of the molecule is CN1CCC=C(c2c[nH]c3c(Cl)cccc23)C1. The number of aromatic amines is 1. The first-order valence-electron chi connectivity index (χ1n) is 5.89. The molecule has 0 radical (unpaired) electrons. The summed E-state index contributed by atoms with van der Waals surface area (Å²) >= 11 is 6.18. The van der Waals surface area contributed by atoms with Crippen molar-refractivity contribution in [1.29, 1.82) is 0 Å². The summed E-state index contributed by atoms with van der Waals surface area (Å²) in [4.78, 5) is 5.62. The van der Waals surface area contributed by atoms with Gasteiger partial charge in [0, 0.05) is 30.2 Å². The summed E-state index contributed by atoms with van der Waals surface area (Å²) in [5, 5.41) is 2.01. The number of likely N-dealkylation sites (N-methyl/N-ethyl adjacent to an activating group) is 1. The maximum atomic E-state index is 6.18. The molecule has 1 N–H and O–H groups in total. The molecule has 0 saturated carbocycles. The van der Waals surface area contributed by atoms with Crippen molar-refractivity contribution >= 4 is 28.1 Å². The van der Waals surface area contributed by atoms with E-state index in [9.17, 15) is 0 Å². The highest BCUT2D eigenvalue weighted by Gasteiger charge is 2.14. The van der Waals surface area contributed by atoms with Crippen molar-refractivity contribution in [1.82, 2.24) is 9.88 Å². The van der Waals surface area contributed by atoms with Gasteiger partial charge in [0.1, 0.15) is 0 Å². The molecule has 3 heteroatoms. The smallest absolute Gasteiger partial charge is 0.0649 e. The van der Waals surface area contributed by atoms with E-state index in [-0.39, 0.29) is 0 Å². The number of nitrogens with one attached hydrogen (secondary N) is 1. The van der Waals surface area contributed by atoms with Crippen LogP contribution in [0.3, 0.4) is 0 Å². The summed E-state index contributed by atoms with van der Waals surface area (Å²) in [6.45, 7) is 2.16. The number of fused-ring (bicyclic) bond motifs is 1. The number of hydrogen-bond donors (Lipinski definition) is 1. The summed E-state index contributed by atoms with van der Waals surface area (Å²) in [7, 11) is 2.16. The Balaban J connectivity index is 2.12. The molecule has 2 nitrogen and oxygen atoms in total. The summed E-state index contributed by atoms with van der Waals surface area (Å²) < 4.78 is 0. The highest BCUT2D eigenvalue weighted by atomic mass is 35.5. The van der Waals surface area contributed by atoms with E-state index in [0.717, 1.165) is 30.0 Å². The van der Waals surface area contributed by atoms with Gasteiger partial charge < -0.3 is 9.88 Å². The van der Waals surface area contributed by atoms with Crippen LogP contribution in [-0.4, -0.2) is 30.0 Å². The molecule has 2 aromatic rings. The van der Waals surface area contributed by atoms with Crippen molar-refractivity contribution < 1.29 is 0 Å². The van der Waals surface area contributed by atoms with Gasteiger partial charge in [-0.05, 0) is 25.1 Å². The average molecular weight is 247 g/mol. The van der Waals surface area contributed by atoms with E-state index in [0.29, 0.717) is 0 Å². The monoisotopic (exact) mass is 246 g/mol. The highest BCUT2D eigenvalue weighted by molar-refractivity contribution is 6.35. The van der Waals surface area contributed by atoms with Crippen LogP contribution in [0, 0.1) is 0 Å². The van der Waals surface area contributed by atoms with Gasteiger partial charge in [-0.2, -0.15) is 0 Å². The summed E-state index contributed by atoms with van der Waals surface area (Å²) in [6.07, 6.45) is 5.53. The zero-order valence-electron chi connectivity index (χ0n) is 9.83. The molecule has 3 rings (SSSR count). The molecule has 0 saturated heterocycles. The van der Waals surface area contributed by atoms with Gasteiger partial charge in [0.2, 0.25) is 0 Å². The molecule has 0 spiro atoms. The minimum atomic E-state index is 0.790. The molecule has 0 atom stereocenters. The lowest BCUT2D eigenvalue weighted by atomic mass is 10.0. The Hall–Kier alpha value is -1.25. The first-order chi connectivity index (χ1) is 8.25. The van der Waals surface area contributed by atoms with E-state index in [1.165, 1.54) is 16.5 Å². The van der Waals surface area contributed by atoms with E-state index in [4.69, 9.17) is 11.6 Å². The number of para-hydroxylation sites is 1. The molecule has 1 aliphatic rings. The van der Waals surface area contributed by atoms with E-state index in [1.807, 2.05) is 12.1 Å². The molecule has 88 valence electrons. The van der Waals surface area contributed by atoms with Crippen molar-refractivity contribution in [3.05, 3.63) is 41.1 Å². The molecule has 1 aromatic carbocycles. The Morgan fingerprint density at radius 1 is 1.35 bits per heavy atom. The van der Waals surface area contributed by atoms with Crippen LogP contribution in [0.4, 0.5) is 0 Å². The number of rotatable bonds is 1. The van der Waals surface area contributed by atoms with Crippen LogP contribution < -0.4 is 0 Å². The molecule has 0 bridgehead atoms. The number of benzene rings is 1. The second kappa shape index (κ2) is 4.21. The molecule has 1 aromatic heterocycles. The van der Waals surface area contributed by atoms with Gasteiger partial charge in [-0.15, -0.1) is 0 Å². The van der Waals surface area contributed by atoms with Crippen LogP contribution in [0.2, 0.25) is 5.02 Å². The van der Waals surface area contributed by atoms with Gasteiger partial charge in [-0.1, -0.05) is 29.8 Å². The van der Waals surface area contributed by atoms with Gasteiger partial charge in [-0.3, -0.25) is 0 Å². The van der Waals surface area contributed by atoms with Gasteiger partial charge >= 0.3 is 0 Å². The molecule has 0 unspecified atom stereocenters. The van der Waals surface area contributed by atoms with Crippen molar-refractivity contribution in [2.24, 2.45) is 0 Å². The van der Waals surface area contributed by atoms with Gasteiger partial charge in [-0.25, -0.2) is 0 Å². The van der Waals surface area contributed by atoms with Gasteiger partial charge in [0.25, 0.3) is 0 Å². The summed E-state index contributed by atoms with van der Waals surface area (Å²) in [5.41, 5.74) is 3.72. The maximum Gasteiger partial charge on any atom is 0.0649 e. The number of hydrogen-bond acceptors (Lipinski definition) is 1. The third-order valence-electron chi connectivity index (χ3n) is 3.35. The quantitative estimate of drug-likeness (QED) is 0.816. The predicted octanol–water partition coefficient (Wildman–Crippen LogP) is 3.54. The molecule has 0 fully saturated rings. The number of H-pyrrole nitrogens is 1. The van der Waals surface area contributed by atoms with E-state index >= 15 is 0 Å². The van der Waals surface area contributed by atoms with Crippen molar-refractivity contribution in [3.63, 3.8) is 0 Å². The Morgan fingerprint density at radius 3 is 3.06 bits per heavy atom. The van der Waals surface area contributed by atoms with Crippen LogP contribution in [0.15, 0.2) is 30.5 Å². The van der Waals surface area contributed by atoms with Crippen LogP contribution in [0.1, 0.15) is 12.0 Å². The van der Waals surface area contributed by atoms with E-state index in [1.54, 1.807) is 0 Å². The lowest BCUT2D eigenvalue weighted by Gasteiger charge is -2.22. The van der Waals surface area contributed by atoms with E-state index < -0.39 is 0 Å². The maximum absolute atomic E-state index is 6.18. The third-order valence-corrected chi connectivity index (χ3v) is 3.67. The third kappa shape index (κ3) is 1.88.